The van der Waals surface area contributed by atoms with Gasteiger partial charge in [0.25, 0.3) is 0 Å². The summed E-state index contributed by atoms with van der Waals surface area (Å²) < 4.78 is 50.0. The Morgan fingerprint density at radius 1 is 1.07 bits per heavy atom. The Morgan fingerprint density at radius 3 is 2.56 bits per heavy atom. The lowest BCUT2D eigenvalue weighted by atomic mass is 10.0. The van der Waals surface area contributed by atoms with Crippen LogP contribution in [0.15, 0.2) is 54.9 Å². The molecule has 0 bridgehead atoms. The third kappa shape index (κ3) is 8.33. The topological polar surface area (TPSA) is 112 Å². The van der Waals surface area contributed by atoms with Crippen molar-refractivity contribution in [3.63, 3.8) is 0 Å². The van der Waals surface area contributed by atoms with Crippen LogP contribution in [0.25, 0.3) is 10.9 Å². The van der Waals surface area contributed by atoms with Crippen LogP contribution in [0, 0.1) is 25.2 Å². The molecule has 1 amide bonds. The van der Waals surface area contributed by atoms with E-state index in [1.54, 1.807) is 24.4 Å². The van der Waals surface area contributed by atoms with Crippen LogP contribution in [0.3, 0.4) is 0 Å². The van der Waals surface area contributed by atoms with Crippen molar-refractivity contribution in [1.82, 2.24) is 14.9 Å². The fourth-order valence-corrected chi connectivity index (χ4v) is 4.34. The Hall–Kier alpha value is -4.89. The van der Waals surface area contributed by atoms with E-state index in [0.717, 1.165) is 23.7 Å². The molecule has 0 aliphatic heterocycles. The van der Waals surface area contributed by atoms with Gasteiger partial charge in [0.15, 0.2) is 11.5 Å². The number of fused-ring (bicyclic) bond motifs is 1. The summed E-state index contributed by atoms with van der Waals surface area (Å²) in [6.45, 7) is 4.35. The van der Waals surface area contributed by atoms with Crippen LogP contribution in [0.4, 0.5) is 30.2 Å². The number of hydrogen-bond donors (Lipinski definition) is 2. The van der Waals surface area contributed by atoms with E-state index in [0.29, 0.717) is 40.8 Å². The number of anilines is 3. The summed E-state index contributed by atoms with van der Waals surface area (Å²) in [6.07, 6.45) is -1.02. The molecule has 2 N–H and O–H groups in total. The normalized spacial score (nSPS) is 11.3. The number of aromatic nitrogens is 2. The first-order chi connectivity index (χ1) is 20.4. The van der Waals surface area contributed by atoms with Gasteiger partial charge in [0.2, 0.25) is 5.91 Å². The summed E-state index contributed by atoms with van der Waals surface area (Å²) in [4.78, 5) is 23.2. The molecule has 2 aromatic carbocycles. The van der Waals surface area contributed by atoms with Gasteiger partial charge in [0, 0.05) is 41.6 Å². The molecule has 9 nitrogen and oxygen atoms in total. The van der Waals surface area contributed by atoms with Crippen LogP contribution in [-0.2, 0) is 11.4 Å². The summed E-state index contributed by atoms with van der Waals surface area (Å²) in [6, 6.07) is 13.1. The highest BCUT2D eigenvalue weighted by atomic mass is 19.4. The lowest BCUT2D eigenvalue weighted by Crippen LogP contribution is -2.18. The zero-order valence-corrected chi connectivity index (χ0v) is 24.2. The minimum atomic E-state index is -4.98. The summed E-state index contributed by atoms with van der Waals surface area (Å²) in [5, 5.41) is 16.3. The van der Waals surface area contributed by atoms with Crippen molar-refractivity contribution in [3.8, 4) is 17.6 Å². The summed E-state index contributed by atoms with van der Waals surface area (Å²) in [5.41, 5.74) is 3.91. The predicted molar refractivity (Wildman–Crippen MR) is 157 cm³/mol. The second-order valence-electron chi connectivity index (χ2n) is 10.2. The first kappa shape index (κ1) is 31.1. The minimum Gasteiger partial charge on any atom is -0.483 e. The van der Waals surface area contributed by atoms with Crippen LogP contribution in [0.5, 0.6) is 11.5 Å². The highest BCUT2D eigenvalue weighted by Crippen LogP contribution is 2.38. The summed E-state index contributed by atoms with van der Waals surface area (Å²) in [7, 11) is 3.86. The molecule has 0 fully saturated rings. The minimum absolute atomic E-state index is 0.0652. The highest BCUT2D eigenvalue weighted by Gasteiger charge is 2.33. The maximum Gasteiger partial charge on any atom is 0.573 e. The van der Waals surface area contributed by atoms with E-state index in [4.69, 9.17) is 4.74 Å². The van der Waals surface area contributed by atoms with Crippen molar-refractivity contribution >= 4 is 33.9 Å². The lowest BCUT2D eigenvalue weighted by Gasteiger charge is -2.18. The third-order valence-electron chi connectivity index (χ3n) is 6.54. The number of hydrogen-bond acceptors (Lipinski definition) is 8. The molecule has 0 unspecified atom stereocenters. The van der Waals surface area contributed by atoms with Gasteiger partial charge in [-0.1, -0.05) is 6.07 Å². The van der Waals surface area contributed by atoms with Crippen LogP contribution in [0.2, 0.25) is 0 Å². The number of ether oxygens (including phenoxy) is 2. The zero-order valence-electron chi connectivity index (χ0n) is 24.2. The van der Waals surface area contributed by atoms with Gasteiger partial charge in [-0.05, 0) is 82.4 Å². The number of alkyl halides is 3. The number of nitrogens with zero attached hydrogens (tertiary/aromatic N) is 4. The molecule has 43 heavy (non-hydrogen) atoms. The van der Waals surface area contributed by atoms with Gasteiger partial charge in [-0.15, -0.1) is 13.2 Å². The van der Waals surface area contributed by atoms with Gasteiger partial charge in [-0.25, -0.2) is 0 Å². The molecule has 0 saturated carbocycles. The molecule has 0 aliphatic carbocycles. The fraction of sp³-hybridized carbons (Fsp3) is 0.290. The molecule has 12 heteroatoms. The van der Waals surface area contributed by atoms with Crippen molar-refractivity contribution < 1.29 is 27.4 Å². The third-order valence-corrected chi connectivity index (χ3v) is 6.54. The zero-order chi connectivity index (χ0) is 31.1. The standard InChI is InChI=1S/C31H31F3N6O3/c1-19-7-5-11-36-26(19)18-42-27-10-9-22(14-28(27)43-31(32,33)34)38-30-21(16-35)17-37-25-13-20(2)24(15-23(25)30)39-29(41)8-6-12-40(3)4/h5,7,9-11,13-15,17H,6,8,12,18H2,1-4H3,(H,37,38)(H,39,41). The van der Waals surface area contributed by atoms with E-state index in [1.807, 2.05) is 38.9 Å². The van der Waals surface area contributed by atoms with Gasteiger partial charge in [0.05, 0.1) is 22.5 Å². The van der Waals surface area contributed by atoms with Gasteiger partial charge < -0.3 is 25.0 Å². The molecule has 0 aliphatic rings. The maximum atomic E-state index is 13.3. The second-order valence-corrected chi connectivity index (χ2v) is 10.2. The van der Waals surface area contributed by atoms with E-state index in [2.05, 4.69) is 31.4 Å². The molecule has 2 aromatic heterocycles. The first-order valence-corrected chi connectivity index (χ1v) is 13.4. The molecule has 4 rings (SSSR count). The molecular formula is C31H31F3N6O3. The van der Waals surface area contributed by atoms with E-state index >= 15 is 0 Å². The molecular weight excluding hydrogens is 561 g/mol. The molecule has 224 valence electrons. The van der Waals surface area contributed by atoms with Crippen molar-refractivity contribution in [3.05, 3.63) is 77.2 Å². The Kier molecular flexibility index (Phi) is 9.67. The number of aryl methyl sites for hydroxylation is 2. The average Bonchev–Trinajstić information content (AvgIpc) is 2.93. The van der Waals surface area contributed by atoms with Crippen molar-refractivity contribution in [2.24, 2.45) is 0 Å². The number of benzene rings is 2. The van der Waals surface area contributed by atoms with E-state index < -0.39 is 12.1 Å². The molecule has 2 heterocycles. The Bertz CT molecular complexity index is 1670. The van der Waals surface area contributed by atoms with Gasteiger partial charge in [-0.2, -0.15) is 5.26 Å². The number of rotatable bonds is 11. The van der Waals surface area contributed by atoms with Crippen molar-refractivity contribution in [2.45, 2.75) is 39.7 Å². The number of pyridine rings is 2. The quantitative estimate of drug-likeness (QED) is 0.200. The van der Waals surface area contributed by atoms with Crippen LogP contribution < -0.4 is 20.1 Å². The Balaban J connectivity index is 1.66. The summed E-state index contributed by atoms with van der Waals surface area (Å²) >= 11 is 0. The molecule has 4 aromatic rings. The largest absolute Gasteiger partial charge is 0.573 e. The number of carbonyl (C=O) groups is 1. The smallest absolute Gasteiger partial charge is 0.483 e. The highest BCUT2D eigenvalue weighted by molar-refractivity contribution is 6.01. The first-order valence-electron chi connectivity index (χ1n) is 13.4. The van der Waals surface area contributed by atoms with Gasteiger partial charge in [0.1, 0.15) is 12.7 Å². The molecule has 0 radical (unpaired) electrons. The van der Waals surface area contributed by atoms with Crippen molar-refractivity contribution in [2.75, 3.05) is 31.3 Å². The number of carbonyl (C=O) groups excluding carboxylic acids is 1. The monoisotopic (exact) mass is 592 g/mol. The second kappa shape index (κ2) is 13.4. The number of nitrogens with one attached hydrogen (secondary N) is 2. The number of amides is 1. The lowest BCUT2D eigenvalue weighted by molar-refractivity contribution is -0.275. The Morgan fingerprint density at radius 2 is 1.86 bits per heavy atom. The van der Waals surface area contributed by atoms with Gasteiger partial charge in [-0.3, -0.25) is 14.8 Å². The number of nitriles is 1. The van der Waals surface area contributed by atoms with E-state index in [1.165, 1.54) is 18.3 Å². The van der Waals surface area contributed by atoms with Crippen molar-refractivity contribution in [1.29, 1.82) is 5.26 Å². The number of halogens is 3. The van der Waals surface area contributed by atoms with E-state index in [-0.39, 0.29) is 29.5 Å². The summed E-state index contributed by atoms with van der Waals surface area (Å²) in [5.74, 6) is -0.860. The van der Waals surface area contributed by atoms with E-state index in [9.17, 15) is 23.2 Å². The van der Waals surface area contributed by atoms with Crippen LogP contribution in [0.1, 0.15) is 35.2 Å². The van der Waals surface area contributed by atoms with Gasteiger partial charge >= 0.3 is 6.36 Å². The predicted octanol–water partition coefficient (Wildman–Crippen LogP) is 6.62. The van der Waals surface area contributed by atoms with Crippen LogP contribution in [-0.4, -0.2) is 47.8 Å². The molecule has 0 saturated heterocycles. The Labute approximate surface area is 247 Å². The fourth-order valence-electron chi connectivity index (χ4n) is 4.34. The molecule has 0 atom stereocenters. The maximum absolute atomic E-state index is 13.3. The average molecular weight is 593 g/mol. The van der Waals surface area contributed by atoms with Crippen LogP contribution >= 0.6 is 0 Å². The SMILES string of the molecule is Cc1cc2ncc(C#N)c(Nc3ccc(OCc4ncccc4C)c(OC(F)(F)F)c3)c2cc1NC(=O)CCCN(C)C. The molecule has 0 spiro atoms.